The van der Waals surface area contributed by atoms with Gasteiger partial charge in [-0.2, -0.15) is 0 Å². The number of carbonyl (C=O) groups is 2. The van der Waals surface area contributed by atoms with Gasteiger partial charge in [0.1, 0.15) is 0 Å². The first-order chi connectivity index (χ1) is 10.7. The Kier molecular flexibility index (Phi) is 6.42. The van der Waals surface area contributed by atoms with E-state index in [0.29, 0.717) is 5.56 Å². The molecule has 0 saturated carbocycles. The zero-order valence-electron chi connectivity index (χ0n) is 13.2. The Labute approximate surface area is 143 Å². The Bertz CT molecular complexity index is 535. The van der Waals surface area contributed by atoms with Crippen LogP contribution in [-0.2, 0) is 4.79 Å². The van der Waals surface area contributed by atoms with Crippen LogP contribution in [0.1, 0.15) is 42.5 Å². The second-order valence-electron chi connectivity index (χ2n) is 6.07. The molecule has 23 heavy (non-hydrogen) atoms. The van der Waals surface area contributed by atoms with Crippen LogP contribution in [0.25, 0.3) is 0 Å². The summed E-state index contributed by atoms with van der Waals surface area (Å²) in [6.07, 6.45) is 5.30. The van der Waals surface area contributed by atoms with Crippen LogP contribution in [0.4, 0.5) is 5.69 Å². The molecule has 0 spiro atoms. The molecule has 6 heteroatoms. The molecule has 2 aliphatic rings. The van der Waals surface area contributed by atoms with Gasteiger partial charge >= 0.3 is 0 Å². The Morgan fingerprint density at radius 2 is 1.74 bits per heavy atom. The molecule has 0 aromatic heterocycles. The fourth-order valence-electron chi connectivity index (χ4n) is 3.10. The monoisotopic (exact) mass is 337 g/mol. The van der Waals surface area contributed by atoms with E-state index in [4.69, 9.17) is 0 Å². The topological polar surface area (TPSA) is 61.4 Å². The first-order valence-electron chi connectivity index (χ1n) is 8.17. The molecular formula is C17H24ClN3O2. The highest BCUT2D eigenvalue weighted by molar-refractivity contribution is 5.97. The summed E-state index contributed by atoms with van der Waals surface area (Å²) in [5.41, 5.74) is 1.44. The lowest BCUT2D eigenvalue weighted by atomic mass is 10.0. The summed E-state index contributed by atoms with van der Waals surface area (Å²) in [6.45, 7) is 2.61. The number of halogens is 1. The zero-order valence-corrected chi connectivity index (χ0v) is 14.0. The van der Waals surface area contributed by atoms with Crippen molar-refractivity contribution in [1.29, 1.82) is 0 Å². The fraction of sp³-hybridized carbons (Fsp3) is 0.529. The Balaban J connectivity index is 0.00000192. The number of nitrogens with one attached hydrogen (secondary N) is 2. The molecule has 0 bridgehead atoms. The molecule has 0 radical (unpaired) electrons. The van der Waals surface area contributed by atoms with E-state index in [1.165, 1.54) is 0 Å². The van der Waals surface area contributed by atoms with Gasteiger partial charge in [-0.1, -0.05) is 6.42 Å². The summed E-state index contributed by atoms with van der Waals surface area (Å²) in [4.78, 5) is 26.3. The number of nitrogens with zero attached hydrogens (tertiary/aromatic N) is 1. The van der Waals surface area contributed by atoms with Crippen LogP contribution in [0, 0.1) is 0 Å². The first kappa shape index (κ1) is 17.8. The number of carbonyl (C=O) groups excluding carboxylic acids is 2. The maximum Gasteiger partial charge on any atom is 0.253 e. The van der Waals surface area contributed by atoms with Crippen LogP contribution < -0.4 is 10.6 Å². The Morgan fingerprint density at radius 3 is 2.35 bits per heavy atom. The average molecular weight is 338 g/mol. The third kappa shape index (κ3) is 4.45. The van der Waals surface area contributed by atoms with E-state index in [2.05, 4.69) is 10.6 Å². The standard InChI is InChI=1S/C17H23N3O2.ClH/c21-16(15-5-1-2-10-18-15)19-14-8-6-13(7-9-14)17(22)20-11-3-4-12-20;/h6-9,15,18H,1-5,10-12H2,(H,19,21);1H/t15-;/m1./s1. The molecule has 1 atom stereocenters. The Hall–Kier alpha value is -1.59. The molecule has 3 rings (SSSR count). The highest BCUT2D eigenvalue weighted by Gasteiger charge is 2.21. The lowest BCUT2D eigenvalue weighted by Crippen LogP contribution is -2.43. The number of likely N-dealkylation sites (tertiary alicyclic amines) is 1. The predicted octanol–water partition coefficient (Wildman–Crippen LogP) is 2.42. The van der Waals surface area contributed by atoms with Gasteiger partial charge in [0, 0.05) is 24.3 Å². The lowest BCUT2D eigenvalue weighted by Gasteiger charge is -2.22. The van der Waals surface area contributed by atoms with Crippen molar-refractivity contribution in [3.63, 3.8) is 0 Å². The van der Waals surface area contributed by atoms with E-state index in [9.17, 15) is 9.59 Å². The molecule has 2 heterocycles. The highest BCUT2D eigenvalue weighted by Crippen LogP contribution is 2.16. The van der Waals surface area contributed by atoms with Gasteiger partial charge < -0.3 is 15.5 Å². The van der Waals surface area contributed by atoms with Crippen LogP contribution >= 0.6 is 12.4 Å². The van der Waals surface area contributed by atoms with E-state index in [1.807, 2.05) is 17.0 Å². The summed E-state index contributed by atoms with van der Waals surface area (Å²) in [5, 5.41) is 6.15. The van der Waals surface area contributed by atoms with E-state index in [1.54, 1.807) is 12.1 Å². The van der Waals surface area contributed by atoms with Crippen molar-refractivity contribution < 1.29 is 9.59 Å². The minimum Gasteiger partial charge on any atom is -0.339 e. The smallest absolute Gasteiger partial charge is 0.253 e. The summed E-state index contributed by atoms with van der Waals surface area (Å²) in [7, 11) is 0. The van der Waals surface area contributed by atoms with E-state index in [0.717, 1.165) is 57.4 Å². The van der Waals surface area contributed by atoms with Crippen LogP contribution in [0.5, 0.6) is 0 Å². The maximum absolute atomic E-state index is 12.3. The van der Waals surface area contributed by atoms with Gasteiger partial charge in [0.05, 0.1) is 6.04 Å². The van der Waals surface area contributed by atoms with E-state index >= 15 is 0 Å². The van der Waals surface area contributed by atoms with Crippen molar-refractivity contribution in [2.45, 2.75) is 38.1 Å². The molecule has 2 saturated heterocycles. The molecule has 0 aliphatic carbocycles. The van der Waals surface area contributed by atoms with Gasteiger partial charge in [0.2, 0.25) is 5.91 Å². The van der Waals surface area contributed by atoms with Crippen LogP contribution in [0.15, 0.2) is 24.3 Å². The SMILES string of the molecule is Cl.O=C(Nc1ccc(C(=O)N2CCCC2)cc1)[C@H]1CCCCN1. The van der Waals surface area contributed by atoms with Gasteiger partial charge in [-0.15, -0.1) is 12.4 Å². The summed E-state index contributed by atoms with van der Waals surface area (Å²) in [6, 6.07) is 7.11. The van der Waals surface area contributed by atoms with Crippen molar-refractivity contribution >= 4 is 29.9 Å². The summed E-state index contributed by atoms with van der Waals surface area (Å²) >= 11 is 0. The number of rotatable bonds is 3. The molecule has 1 aromatic rings. The fourth-order valence-corrected chi connectivity index (χ4v) is 3.10. The minimum absolute atomic E-state index is 0. The maximum atomic E-state index is 12.3. The highest BCUT2D eigenvalue weighted by atomic mass is 35.5. The van der Waals surface area contributed by atoms with Crippen molar-refractivity contribution in [3.8, 4) is 0 Å². The second kappa shape index (κ2) is 8.31. The van der Waals surface area contributed by atoms with E-state index < -0.39 is 0 Å². The first-order valence-corrected chi connectivity index (χ1v) is 8.17. The average Bonchev–Trinajstić information content (AvgIpc) is 3.10. The third-order valence-electron chi connectivity index (χ3n) is 4.42. The number of anilines is 1. The molecule has 2 N–H and O–H groups in total. The quantitative estimate of drug-likeness (QED) is 0.890. The Morgan fingerprint density at radius 1 is 1.04 bits per heavy atom. The molecule has 2 fully saturated rings. The zero-order chi connectivity index (χ0) is 15.4. The van der Waals surface area contributed by atoms with Gasteiger partial charge in [-0.3, -0.25) is 9.59 Å². The number of amides is 2. The number of hydrogen-bond donors (Lipinski definition) is 2. The van der Waals surface area contributed by atoms with Crippen LogP contribution in [-0.4, -0.2) is 42.4 Å². The molecular weight excluding hydrogens is 314 g/mol. The van der Waals surface area contributed by atoms with Crippen molar-refractivity contribution in [2.75, 3.05) is 25.0 Å². The largest absolute Gasteiger partial charge is 0.339 e. The second-order valence-corrected chi connectivity index (χ2v) is 6.07. The molecule has 2 amide bonds. The predicted molar refractivity (Wildman–Crippen MR) is 93.1 cm³/mol. The third-order valence-corrected chi connectivity index (χ3v) is 4.42. The molecule has 5 nitrogen and oxygen atoms in total. The van der Waals surface area contributed by atoms with Crippen LogP contribution in [0.3, 0.4) is 0 Å². The molecule has 126 valence electrons. The van der Waals surface area contributed by atoms with Crippen molar-refractivity contribution in [1.82, 2.24) is 10.2 Å². The van der Waals surface area contributed by atoms with Crippen LogP contribution in [0.2, 0.25) is 0 Å². The normalized spacial score (nSPS) is 20.7. The number of benzene rings is 1. The molecule has 2 aliphatic heterocycles. The van der Waals surface area contributed by atoms with Gasteiger partial charge in [-0.25, -0.2) is 0 Å². The number of piperidine rings is 1. The van der Waals surface area contributed by atoms with Crippen molar-refractivity contribution in [2.24, 2.45) is 0 Å². The summed E-state index contributed by atoms with van der Waals surface area (Å²) < 4.78 is 0. The van der Waals surface area contributed by atoms with Gasteiger partial charge in [0.25, 0.3) is 5.91 Å². The van der Waals surface area contributed by atoms with Crippen molar-refractivity contribution in [3.05, 3.63) is 29.8 Å². The number of hydrogen-bond acceptors (Lipinski definition) is 3. The molecule has 1 aromatic carbocycles. The molecule has 0 unspecified atom stereocenters. The lowest BCUT2D eigenvalue weighted by molar-refractivity contribution is -0.118. The summed E-state index contributed by atoms with van der Waals surface area (Å²) in [5.74, 6) is 0.0997. The minimum atomic E-state index is -0.0975. The van der Waals surface area contributed by atoms with Gasteiger partial charge in [-0.05, 0) is 56.5 Å². The van der Waals surface area contributed by atoms with E-state index in [-0.39, 0.29) is 30.3 Å². The van der Waals surface area contributed by atoms with Gasteiger partial charge in [0.15, 0.2) is 0 Å².